The standard InChI is InChI=1S/C27H19BO3/c1-3-9-21-19(7-1)20-8-2-4-10-22(20)27(21)23-11-5-6-12-25(23)31-26-14-13-18(17-24(26)27)28-29-15-16-30-28/h1-14,17H,15-16H2. The minimum Gasteiger partial charge on any atom is -0.457 e. The molecule has 1 aliphatic carbocycles. The molecule has 31 heavy (non-hydrogen) atoms. The minimum absolute atomic E-state index is 0.327. The van der Waals surface area contributed by atoms with Crippen molar-refractivity contribution in [3.8, 4) is 22.6 Å². The van der Waals surface area contributed by atoms with Gasteiger partial charge in [-0.3, -0.25) is 0 Å². The van der Waals surface area contributed by atoms with Crippen LogP contribution in [0.5, 0.6) is 11.5 Å². The van der Waals surface area contributed by atoms with Gasteiger partial charge in [0.25, 0.3) is 0 Å². The van der Waals surface area contributed by atoms with E-state index in [0.717, 1.165) is 22.5 Å². The summed E-state index contributed by atoms with van der Waals surface area (Å²) >= 11 is 0. The summed E-state index contributed by atoms with van der Waals surface area (Å²) in [6.45, 7) is 1.25. The number of rotatable bonds is 1. The van der Waals surface area contributed by atoms with Gasteiger partial charge in [0.15, 0.2) is 0 Å². The summed E-state index contributed by atoms with van der Waals surface area (Å²) in [6.07, 6.45) is 0. The highest BCUT2D eigenvalue weighted by molar-refractivity contribution is 6.61. The van der Waals surface area contributed by atoms with E-state index in [-0.39, 0.29) is 7.12 Å². The van der Waals surface area contributed by atoms with Gasteiger partial charge in [-0.1, -0.05) is 78.9 Å². The Morgan fingerprint density at radius 2 is 1.16 bits per heavy atom. The molecule has 148 valence electrons. The molecule has 0 saturated carbocycles. The molecular formula is C27H19BO3. The molecule has 0 N–H and O–H groups in total. The van der Waals surface area contributed by atoms with Crippen molar-refractivity contribution in [2.24, 2.45) is 0 Å². The van der Waals surface area contributed by atoms with E-state index < -0.39 is 5.41 Å². The van der Waals surface area contributed by atoms with Crippen molar-refractivity contribution in [1.29, 1.82) is 0 Å². The van der Waals surface area contributed by atoms with E-state index in [1.807, 2.05) is 6.07 Å². The first-order valence-corrected chi connectivity index (χ1v) is 10.7. The van der Waals surface area contributed by atoms with Gasteiger partial charge < -0.3 is 14.0 Å². The van der Waals surface area contributed by atoms with Gasteiger partial charge in [0.05, 0.1) is 18.6 Å². The highest BCUT2D eigenvalue weighted by atomic mass is 16.6. The lowest BCUT2D eigenvalue weighted by molar-refractivity contribution is 0.365. The van der Waals surface area contributed by atoms with Crippen molar-refractivity contribution < 1.29 is 14.0 Å². The fourth-order valence-corrected chi connectivity index (χ4v) is 5.57. The summed E-state index contributed by atoms with van der Waals surface area (Å²) in [5.74, 6) is 1.79. The van der Waals surface area contributed by atoms with Crippen LogP contribution in [-0.4, -0.2) is 20.3 Å². The van der Waals surface area contributed by atoms with Crippen LogP contribution in [0.3, 0.4) is 0 Å². The van der Waals surface area contributed by atoms with E-state index >= 15 is 0 Å². The first-order valence-electron chi connectivity index (χ1n) is 10.7. The molecule has 4 aromatic rings. The molecule has 4 heteroatoms. The number of ether oxygens (including phenoxy) is 1. The van der Waals surface area contributed by atoms with E-state index in [9.17, 15) is 0 Å². The molecule has 4 aromatic carbocycles. The molecule has 2 heterocycles. The highest BCUT2D eigenvalue weighted by Gasteiger charge is 2.51. The van der Waals surface area contributed by atoms with Gasteiger partial charge in [-0.25, -0.2) is 0 Å². The van der Waals surface area contributed by atoms with Crippen molar-refractivity contribution in [1.82, 2.24) is 0 Å². The van der Waals surface area contributed by atoms with Crippen molar-refractivity contribution in [2.45, 2.75) is 5.41 Å². The average molecular weight is 402 g/mol. The summed E-state index contributed by atoms with van der Waals surface area (Å²) in [6, 6.07) is 32.3. The average Bonchev–Trinajstić information content (AvgIpc) is 3.46. The van der Waals surface area contributed by atoms with Crippen molar-refractivity contribution in [2.75, 3.05) is 13.2 Å². The molecular weight excluding hydrogens is 383 g/mol. The molecule has 0 bridgehead atoms. The van der Waals surface area contributed by atoms with E-state index in [1.165, 1.54) is 27.8 Å². The fourth-order valence-electron chi connectivity index (χ4n) is 5.57. The molecule has 3 aliphatic rings. The Kier molecular flexibility index (Phi) is 3.55. The Balaban J connectivity index is 1.61. The zero-order valence-electron chi connectivity index (χ0n) is 16.9. The second-order valence-corrected chi connectivity index (χ2v) is 8.27. The van der Waals surface area contributed by atoms with Crippen LogP contribution in [0.1, 0.15) is 22.3 Å². The predicted octanol–water partition coefficient (Wildman–Crippen LogP) is 4.90. The lowest BCUT2D eigenvalue weighted by atomic mass is 9.64. The maximum atomic E-state index is 6.43. The number of hydrogen-bond donors (Lipinski definition) is 0. The number of fused-ring (bicyclic) bond motifs is 9. The van der Waals surface area contributed by atoms with Gasteiger partial charge in [0.1, 0.15) is 11.5 Å². The largest absolute Gasteiger partial charge is 0.494 e. The van der Waals surface area contributed by atoms with E-state index in [4.69, 9.17) is 14.0 Å². The first kappa shape index (κ1) is 17.4. The molecule has 0 atom stereocenters. The van der Waals surface area contributed by atoms with Crippen LogP contribution in [0.25, 0.3) is 11.1 Å². The Morgan fingerprint density at radius 3 is 1.87 bits per heavy atom. The Bertz CT molecular complexity index is 1290. The lowest BCUT2D eigenvalue weighted by Crippen LogP contribution is -2.37. The summed E-state index contributed by atoms with van der Waals surface area (Å²) < 4.78 is 18.1. The number of hydrogen-bond acceptors (Lipinski definition) is 3. The third kappa shape index (κ3) is 2.21. The summed E-state index contributed by atoms with van der Waals surface area (Å²) in [5.41, 5.74) is 8.04. The predicted molar refractivity (Wildman–Crippen MR) is 121 cm³/mol. The second kappa shape index (κ2) is 6.33. The third-order valence-electron chi connectivity index (χ3n) is 6.76. The van der Waals surface area contributed by atoms with Crippen LogP contribution in [0, 0.1) is 0 Å². The van der Waals surface area contributed by atoms with Gasteiger partial charge in [-0.15, -0.1) is 0 Å². The molecule has 1 fully saturated rings. The zero-order valence-corrected chi connectivity index (χ0v) is 16.9. The molecule has 7 rings (SSSR count). The van der Waals surface area contributed by atoms with Crippen molar-refractivity contribution in [3.63, 3.8) is 0 Å². The van der Waals surface area contributed by atoms with Gasteiger partial charge in [0.2, 0.25) is 0 Å². The second-order valence-electron chi connectivity index (χ2n) is 8.27. The van der Waals surface area contributed by atoms with E-state index in [1.54, 1.807) is 0 Å². The van der Waals surface area contributed by atoms with Crippen LogP contribution in [0.15, 0.2) is 91.0 Å². The molecule has 1 saturated heterocycles. The molecule has 2 aliphatic heterocycles. The number of para-hydroxylation sites is 1. The monoisotopic (exact) mass is 402 g/mol. The van der Waals surface area contributed by atoms with Crippen LogP contribution >= 0.6 is 0 Å². The SMILES string of the molecule is c1ccc2c(c1)Oc1ccc(B3OCCO3)cc1C21c2ccccc2-c2ccccc21. The zero-order chi connectivity index (χ0) is 20.4. The molecule has 0 amide bonds. The highest BCUT2D eigenvalue weighted by Crippen LogP contribution is 2.61. The Morgan fingerprint density at radius 1 is 0.581 bits per heavy atom. The summed E-state index contributed by atoms with van der Waals surface area (Å²) in [4.78, 5) is 0. The summed E-state index contributed by atoms with van der Waals surface area (Å²) in [7, 11) is -0.327. The van der Waals surface area contributed by atoms with Gasteiger partial charge in [0, 0.05) is 11.1 Å². The normalized spacial score (nSPS) is 17.0. The van der Waals surface area contributed by atoms with Gasteiger partial charge in [-0.05, 0) is 39.8 Å². The molecule has 1 spiro atoms. The van der Waals surface area contributed by atoms with Crippen LogP contribution in [-0.2, 0) is 14.7 Å². The lowest BCUT2D eigenvalue weighted by Gasteiger charge is -2.39. The smallest absolute Gasteiger partial charge is 0.457 e. The maximum absolute atomic E-state index is 6.43. The minimum atomic E-state index is -0.439. The first-order chi connectivity index (χ1) is 15.4. The third-order valence-corrected chi connectivity index (χ3v) is 6.76. The number of benzene rings is 4. The molecule has 3 nitrogen and oxygen atoms in total. The van der Waals surface area contributed by atoms with Crippen molar-refractivity contribution in [3.05, 3.63) is 113 Å². The van der Waals surface area contributed by atoms with E-state index in [0.29, 0.717) is 13.2 Å². The van der Waals surface area contributed by atoms with Gasteiger partial charge in [-0.2, -0.15) is 0 Å². The fraction of sp³-hybridized carbons (Fsp3) is 0.111. The quantitative estimate of drug-likeness (QED) is 0.367. The van der Waals surface area contributed by atoms with Crippen LogP contribution in [0.2, 0.25) is 0 Å². The molecule has 0 radical (unpaired) electrons. The van der Waals surface area contributed by atoms with Gasteiger partial charge >= 0.3 is 7.12 Å². The summed E-state index contributed by atoms with van der Waals surface area (Å²) in [5, 5.41) is 0. The van der Waals surface area contributed by atoms with E-state index in [2.05, 4.69) is 84.9 Å². The van der Waals surface area contributed by atoms with Crippen molar-refractivity contribution >= 4 is 12.6 Å². The molecule has 0 unspecified atom stereocenters. The molecule has 0 aromatic heterocycles. The Hall–Kier alpha value is -3.34. The maximum Gasteiger partial charge on any atom is 0.494 e. The Labute approximate surface area is 181 Å². The van der Waals surface area contributed by atoms with Crippen LogP contribution < -0.4 is 10.2 Å². The topological polar surface area (TPSA) is 27.7 Å². The van der Waals surface area contributed by atoms with Crippen LogP contribution in [0.4, 0.5) is 0 Å².